The topological polar surface area (TPSA) is 89.5 Å². The van der Waals surface area contributed by atoms with Gasteiger partial charge in [0.25, 0.3) is 5.91 Å². The van der Waals surface area contributed by atoms with Crippen molar-refractivity contribution in [2.24, 2.45) is 0 Å². The molecule has 0 aliphatic carbocycles. The van der Waals surface area contributed by atoms with Gasteiger partial charge < -0.3 is 14.1 Å². The molecule has 3 heterocycles. The number of carbonyl (C=O) groups is 1. The van der Waals surface area contributed by atoms with Gasteiger partial charge in [0.2, 0.25) is 0 Å². The number of nitrogens with zero attached hydrogens (tertiary/aromatic N) is 6. The lowest BCUT2D eigenvalue weighted by Gasteiger charge is -2.38. The minimum Gasteiger partial charge on any atom is -0.459 e. The van der Waals surface area contributed by atoms with Gasteiger partial charge in [-0.3, -0.25) is 9.69 Å². The van der Waals surface area contributed by atoms with E-state index in [1.54, 1.807) is 19.2 Å². The molecule has 0 bridgehead atoms. The van der Waals surface area contributed by atoms with E-state index < -0.39 is 0 Å². The fraction of sp³-hybridized carbons (Fsp3) is 0.667. The molecule has 0 spiro atoms. The van der Waals surface area contributed by atoms with Crippen molar-refractivity contribution in [3.63, 3.8) is 0 Å². The number of ether oxygens (including phenoxy) is 1. The Morgan fingerprint density at radius 2 is 2.15 bits per heavy atom. The minimum absolute atomic E-state index is 0.0466. The first-order valence-corrected chi connectivity index (χ1v) is 9.56. The first-order valence-electron chi connectivity index (χ1n) is 9.56. The molecule has 1 saturated heterocycles. The quantitative estimate of drug-likeness (QED) is 0.657. The van der Waals surface area contributed by atoms with Crippen molar-refractivity contribution in [1.82, 2.24) is 30.0 Å². The summed E-state index contributed by atoms with van der Waals surface area (Å²) in [7, 11) is 1.67. The number of carbonyl (C=O) groups excluding carboxylic acids is 1. The standard InChI is InChI=1S/C18H28N6O3/c1-3-4-6-15(17-19-20-21-24(17)12-14-26-2)22-8-10-23(11-9-22)18(25)16-7-5-13-27-16/h5,7,13,15H,3-4,6,8-12,14H2,1-2H3/t15-/m1/s1. The van der Waals surface area contributed by atoms with Gasteiger partial charge in [-0.1, -0.05) is 19.8 Å². The number of piperazine rings is 1. The van der Waals surface area contributed by atoms with Crippen LogP contribution in [0, 0.1) is 0 Å². The van der Waals surface area contributed by atoms with Gasteiger partial charge in [0.15, 0.2) is 11.6 Å². The highest BCUT2D eigenvalue weighted by molar-refractivity contribution is 5.91. The summed E-state index contributed by atoms with van der Waals surface area (Å²) < 4.78 is 12.2. The predicted molar refractivity (Wildman–Crippen MR) is 98.1 cm³/mol. The van der Waals surface area contributed by atoms with Crippen molar-refractivity contribution in [2.45, 2.75) is 38.8 Å². The van der Waals surface area contributed by atoms with Crippen molar-refractivity contribution < 1.29 is 13.9 Å². The van der Waals surface area contributed by atoms with Crippen LogP contribution in [0.4, 0.5) is 0 Å². The molecular weight excluding hydrogens is 348 g/mol. The average molecular weight is 376 g/mol. The van der Waals surface area contributed by atoms with Gasteiger partial charge >= 0.3 is 0 Å². The summed E-state index contributed by atoms with van der Waals surface area (Å²) in [5.74, 6) is 1.23. The second-order valence-corrected chi connectivity index (χ2v) is 6.72. The van der Waals surface area contributed by atoms with Crippen molar-refractivity contribution in [1.29, 1.82) is 0 Å². The number of tetrazole rings is 1. The molecule has 27 heavy (non-hydrogen) atoms. The molecule has 1 atom stereocenters. The van der Waals surface area contributed by atoms with Gasteiger partial charge in [-0.25, -0.2) is 4.68 Å². The molecule has 0 N–H and O–H groups in total. The highest BCUT2D eigenvalue weighted by Gasteiger charge is 2.30. The molecule has 0 radical (unpaired) electrons. The maximum absolute atomic E-state index is 12.5. The lowest BCUT2D eigenvalue weighted by Crippen LogP contribution is -2.50. The van der Waals surface area contributed by atoms with Crippen LogP contribution in [0.5, 0.6) is 0 Å². The Kier molecular flexibility index (Phi) is 6.94. The fourth-order valence-corrected chi connectivity index (χ4v) is 3.45. The molecular formula is C18H28N6O3. The van der Waals surface area contributed by atoms with Gasteiger partial charge in [-0.05, 0) is 29.0 Å². The van der Waals surface area contributed by atoms with Crippen LogP contribution in [0.1, 0.15) is 48.6 Å². The molecule has 2 aromatic heterocycles. The maximum atomic E-state index is 12.5. The number of hydrogen-bond acceptors (Lipinski definition) is 7. The Bertz CT molecular complexity index is 694. The van der Waals surface area contributed by atoms with E-state index in [9.17, 15) is 4.79 Å². The Morgan fingerprint density at radius 3 is 2.81 bits per heavy atom. The molecule has 3 rings (SSSR count). The Labute approximate surface area is 159 Å². The van der Waals surface area contributed by atoms with E-state index in [2.05, 4.69) is 27.3 Å². The first-order chi connectivity index (χ1) is 13.2. The lowest BCUT2D eigenvalue weighted by atomic mass is 10.1. The summed E-state index contributed by atoms with van der Waals surface area (Å²) in [4.78, 5) is 16.7. The normalized spacial score (nSPS) is 16.6. The van der Waals surface area contributed by atoms with Crippen molar-refractivity contribution in [3.05, 3.63) is 30.0 Å². The Morgan fingerprint density at radius 1 is 1.33 bits per heavy atom. The molecule has 1 fully saturated rings. The predicted octanol–water partition coefficient (Wildman–Crippen LogP) is 1.60. The summed E-state index contributed by atoms with van der Waals surface area (Å²) in [5.41, 5.74) is 0. The number of furan rings is 1. The van der Waals surface area contributed by atoms with Crippen molar-refractivity contribution in [2.75, 3.05) is 39.9 Å². The van der Waals surface area contributed by atoms with E-state index in [1.165, 1.54) is 6.26 Å². The van der Waals surface area contributed by atoms with Gasteiger partial charge in [0.05, 0.1) is 25.5 Å². The van der Waals surface area contributed by atoms with Crippen LogP contribution >= 0.6 is 0 Å². The highest BCUT2D eigenvalue weighted by atomic mass is 16.5. The molecule has 1 amide bonds. The number of methoxy groups -OCH3 is 1. The molecule has 148 valence electrons. The fourth-order valence-electron chi connectivity index (χ4n) is 3.45. The van der Waals surface area contributed by atoms with E-state index in [1.807, 2.05) is 9.58 Å². The molecule has 1 aliphatic rings. The van der Waals surface area contributed by atoms with Crippen LogP contribution in [0.15, 0.2) is 22.8 Å². The van der Waals surface area contributed by atoms with Crippen molar-refractivity contribution in [3.8, 4) is 0 Å². The molecule has 9 nitrogen and oxygen atoms in total. The minimum atomic E-state index is -0.0466. The summed E-state index contributed by atoms with van der Waals surface area (Å²) in [5, 5.41) is 12.3. The highest BCUT2D eigenvalue weighted by Crippen LogP contribution is 2.26. The Hall–Kier alpha value is -2.26. The van der Waals surface area contributed by atoms with Crippen LogP contribution in [0.2, 0.25) is 0 Å². The SMILES string of the molecule is CCCC[C@H](c1nnnn1CCOC)N1CCN(C(=O)c2ccco2)CC1. The van der Waals surface area contributed by atoms with E-state index in [4.69, 9.17) is 9.15 Å². The van der Waals surface area contributed by atoms with Gasteiger partial charge in [0.1, 0.15) is 0 Å². The second-order valence-electron chi connectivity index (χ2n) is 6.72. The van der Waals surface area contributed by atoms with Crippen molar-refractivity contribution >= 4 is 5.91 Å². The summed E-state index contributed by atoms with van der Waals surface area (Å²) in [6.07, 6.45) is 4.75. The lowest BCUT2D eigenvalue weighted by molar-refractivity contribution is 0.0510. The third-order valence-corrected chi connectivity index (χ3v) is 4.97. The number of aromatic nitrogens is 4. The van der Waals surface area contributed by atoms with Crippen LogP contribution < -0.4 is 0 Å². The molecule has 2 aromatic rings. The Balaban J connectivity index is 1.66. The number of hydrogen-bond donors (Lipinski definition) is 0. The monoisotopic (exact) mass is 376 g/mol. The number of rotatable bonds is 9. The van der Waals surface area contributed by atoms with Gasteiger partial charge in [-0.2, -0.15) is 0 Å². The zero-order valence-corrected chi connectivity index (χ0v) is 16.1. The number of unbranched alkanes of at least 4 members (excludes halogenated alkanes) is 1. The third-order valence-electron chi connectivity index (χ3n) is 4.97. The zero-order chi connectivity index (χ0) is 19.1. The van der Waals surface area contributed by atoms with Crippen LogP contribution in [-0.2, 0) is 11.3 Å². The van der Waals surface area contributed by atoms with E-state index in [0.29, 0.717) is 32.0 Å². The van der Waals surface area contributed by atoms with Gasteiger partial charge in [0, 0.05) is 33.3 Å². The molecule has 9 heteroatoms. The molecule has 1 aliphatic heterocycles. The smallest absolute Gasteiger partial charge is 0.289 e. The van der Waals surface area contributed by atoms with E-state index in [0.717, 1.165) is 38.2 Å². The summed E-state index contributed by atoms with van der Waals surface area (Å²) >= 11 is 0. The molecule has 0 unspecified atom stereocenters. The van der Waals surface area contributed by atoms with Crippen LogP contribution in [-0.4, -0.2) is 75.8 Å². The first kappa shape index (κ1) is 19.5. The van der Waals surface area contributed by atoms with Crippen LogP contribution in [0.3, 0.4) is 0 Å². The second kappa shape index (κ2) is 9.61. The number of amides is 1. The molecule has 0 aromatic carbocycles. The van der Waals surface area contributed by atoms with Crippen LogP contribution in [0.25, 0.3) is 0 Å². The third kappa shape index (κ3) is 4.72. The average Bonchev–Trinajstić information content (AvgIpc) is 3.39. The summed E-state index contributed by atoms with van der Waals surface area (Å²) in [6, 6.07) is 3.60. The largest absolute Gasteiger partial charge is 0.459 e. The molecule has 0 saturated carbocycles. The maximum Gasteiger partial charge on any atom is 0.289 e. The summed E-state index contributed by atoms with van der Waals surface area (Å²) in [6.45, 7) is 6.31. The van der Waals surface area contributed by atoms with Gasteiger partial charge in [-0.15, -0.1) is 5.10 Å². The zero-order valence-electron chi connectivity index (χ0n) is 16.1. The van der Waals surface area contributed by atoms with E-state index >= 15 is 0 Å². The van der Waals surface area contributed by atoms with E-state index in [-0.39, 0.29) is 11.9 Å².